The molecular formula is C21H19N3O2S. The Bertz CT molecular complexity index is 1050. The molecule has 4 aromatic rings. The van der Waals surface area contributed by atoms with Gasteiger partial charge in [-0.05, 0) is 35.2 Å². The lowest BCUT2D eigenvalue weighted by molar-refractivity contribution is 0.0945. The first kappa shape index (κ1) is 17.3. The van der Waals surface area contributed by atoms with Gasteiger partial charge in [-0.1, -0.05) is 30.3 Å². The predicted octanol–water partition coefficient (Wildman–Crippen LogP) is 4.16. The molecule has 1 unspecified atom stereocenters. The van der Waals surface area contributed by atoms with Crippen LogP contribution in [0.2, 0.25) is 0 Å². The third-order valence-corrected chi connectivity index (χ3v) is 5.61. The number of nitrogens with one attached hydrogen (secondary N) is 1. The van der Waals surface area contributed by atoms with Crippen molar-refractivity contribution in [2.75, 3.05) is 7.11 Å². The van der Waals surface area contributed by atoms with Gasteiger partial charge in [-0.15, -0.1) is 11.3 Å². The van der Waals surface area contributed by atoms with E-state index in [0.29, 0.717) is 4.88 Å². The molecule has 0 radical (unpaired) electrons. The van der Waals surface area contributed by atoms with Crippen LogP contribution in [0, 0.1) is 0 Å². The van der Waals surface area contributed by atoms with E-state index in [1.54, 1.807) is 13.3 Å². The third-order valence-electron chi connectivity index (χ3n) is 4.49. The monoisotopic (exact) mass is 377 g/mol. The summed E-state index contributed by atoms with van der Waals surface area (Å²) in [7, 11) is 3.55. The number of imidazole rings is 1. The summed E-state index contributed by atoms with van der Waals surface area (Å²) in [5.74, 6) is 1.43. The lowest BCUT2D eigenvalue weighted by atomic mass is 10.1. The Morgan fingerprint density at radius 3 is 2.63 bits per heavy atom. The van der Waals surface area contributed by atoms with Crippen molar-refractivity contribution in [2.24, 2.45) is 7.05 Å². The largest absolute Gasteiger partial charge is 0.497 e. The topological polar surface area (TPSA) is 56.1 Å². The molecule has 2 aromatic heterocycles. The van der Waals surface area contributed by atoms with Crippen molar-refractivity contribution in [2.45, 2.75) is 6.04 Å². The minimum absolute atomic E-state index is 0.111. The second-order valence-electron chi connectivity index (χ2n) is 6.22. The van der Waals surface area contributed by atoms with Crippen molar-refractivity contribution in [3.63, 3.8) is 0 Å². The van der Waals surface area contributed by atoms with Crippen LogP contribution in [0.3, 0.4) is 0 Å². The molecule has 1 amide bonds. The maximum Gasteiger partial charge on any atom is 0.262 e. The Hall–Kier alpha value is -3.12. The van der Waals surface area contributed by atoms with Crippen molar-refractivity contribution >= 4 is 27.3 Å². The molecule has 1 N–H and O–H groups in total. The van der Waals surface area contributed by atoms with Crippen molar-refractivity contribution in [1.29, 1.82) is 0 Å². The number of nitrogens with zero attached hydrogens (tertiary/aromatic N) is 2. The molecule has 0 aliphatic carbocycles. The van der Waals surface area contributed by atoms with Crippen LogP contribution in [-0.2, 0) is 7.05 Å². The van der Waals surface area contributed by atoms with Gasteiger partial charge in [-0.25, -0.2) is 4.98 Å². The molecule has 0 fully saturated rings. The van der Waals surface area contributed by atoms with Crippen LogP contribution in [-0.4, -0.2) is 22.6 Å². The maximum absolute atomic E-state index is 13.0. The summed E-state index contributed by atoms with van der Waals surface area (Å²) in [6, 6.07) is 17.2. The molecule has 0 saturated heterocycles. The molecule has 0 spiro atoms. The normalized spacial score (nSPS) is 12.1. The smallest absolute Gasteiger partial charge is 0.262 e. The summed E-state index contributed by atoms with van der Waals surface area (Å²) < 4.78 is 8.26. The third kappa shape index (κ3) is 3.44. The molecule has 27 heavy (non-hydrogen) atoms. The summed E-state index contributed by atoms with van der Waals surface area (Å²) in [4.78, 5) is 18.1. The number of benzene rings is 2. The number of aromatic nitrogens is 2. The van der Waals surface area contributed by atoms with E-state index in [1.807, 2.05) is 72.4 Å². The lowest BCUT2D eigenvalue weighted by Gasteiger charge is -2.19. The number of amides is 1. The molecule has 2 aromatic carbocycles. The van der Waals surface area contributed by atoms with Gasteiger partial charge in [0.25, 0.3) is 5.91 Å². The van der Waals surface area contributed by atoms with Gasteiger partial charge in [-0.3, -0.25) is 4.79 Å². The summed E-state index contributed by atoms with van der Waals surface area (Å²) in [6.07, 6.45) is 3.61. The first-order chi connectivity index (χ1) is 13.2. The molecule has 0 saturated carbocycles. The molecule has 0 aliphatic heterocycles. The number of carbonyl (C=O) groups is 1. The highest BCUT2D eigenvalue weighted by Crippen LogP contribution is 2.27. The Labute approximate surface area is 161 Å². The van der Waals surface area contributed by atoms with E-state index in [4.69, 9.17) is 4.74 Å². The number of hydrogen-bond acceptors (Lipinski definition) is 4. The number of hydrogen-bond donors (Lipinski definition) is 1. The van der Waals surface area contributed by atoms with E-state index < -0.39 is 0 Å². The van der Waals surface area contributed by atoms with Crippen LogP contribution >= 0.6 is 11.3 Å². The first-order valence-electron chi connectivity index (χ1n) is 8.56. The van der Waals surface area contributed by atoms with Crippen molar-refractivity contribution in [1.82, 2.24) is 14.9 Å². The van der Waals surface area contributed by atoms with Crippen LogP contribution in [0.15, 0.2) is 67.0 Å². The van der Waals surface area contributed by atoms with E-state index >= 15 is 0 Å². The number of carbonyl (C=O) groups excluding carboxylic acids is 1. The maximum atomic E-state index is 13.0. The van der Waals surface area contributed by atoms with Crippen molar-refractivity contribution < 1.29 is 9.53 Å². The van der Waals surface area contributed by atoms with Gasteiger partial charge < -0.3 is 14.6 Å². The highest BCUT2D eigenvalue weighted by molar-refractivity contribution is 7.20. The van der Waals surface area contributed by atoms with E-state index in [-0.39, 0.29) is 11.9 Å². The predicted molar refractivity (Wildman–Crippen MR) is 107 cm³/mol. The van der Waals surface area contributed by atoms with Crippen LogP contribution in [0.4, 0.5) is 0 Å². The Balaban J connectivity index is 1.67. The zero-order valence-electron chi connectivity index (χ0n) is 15.0. The number of thiophene rings is 1. The number of methoxy groups -OCH3 is 1. The number of rotatable bonds is 5. The quantitative estimate of drug-likeness (QED) is 0.568. The van der Waals surface area contributed by atoms with Gasteiger partial charge in [0.05, 0.1) is 12.0 Å². The summed E-state index contributed by atoms with van der Waals surface area (Å²) >= 11 is 1.49. The van der Waals surface area contributed by atoms with Crippen molar-refractivity contribution in [3.8, 4) is 5.75 Å². The minimum atomic E-state index is -0.353. The molecular weight excluding hydrogens is 358 g/mol. The average molecular weight is 377 g/mol. The second-order valence-corrected chi connectivity index (χ2v) is 7.31. The van der Waals surface area contributed by atoms with Crippen LogP contribution < -0.4 is 10.1 Å². The molecule has 5 nitrogen and oxygen atoms in total. The number of aryl methyl sites for hydroxylation is 1. The number of fused-ring (bicyclic) bond motifs is 1. The van der Waals surface area contributed by atoms with Crippen LogP contribution in [0.5, 0.6) is 5.75 Å². The highest BCUT2D eigenvalue weighted by atomic mass is 32.1. The highest BCUT2D eigenvalue weighted by Gasteiger charge is 2.22. The van der Waals surface area contributed by atoms with Crippen LogP contribution in [0.1, 0.15) is 27.1 Å². The standard InChI is InChI=1S/C21H19N3O2S/c1-24-12-11-22-20(24)19(14-7-9-16(26-2)10-8-14)23-21(25)18-13-15-5-3-4-6-17(15)27-18/h3-13,19H,1-2H3,(H,23,25). The average Bonchev–Trinajstić information content (AvgIpc) is 3.32. The fourth-order valence-corrected chi connectivity index (χ4v) is 4.01. The Morgan fingerprint density at radius 2 is 1.96 bits per heavy atom. The van der Waals surface area contributed by atoms with Gasteiger partial charge >= 0.3 is 0 Å². The Morgan fingerprint density at radius 1 is 1.19 bits per heavy atom. The fraction of sp³-hybridized carbons (Fsp3) is 0.143. The summed E-state index contributed by atoms with van der Waals surface area (Å²) in [6.45, 7) is 0. The molecule has 2 heterocycles. The van der Waals surface area contributed by atoms with Crippen molar-refractivity contribution in [3.05, 3.63) is 83.3 Å². The second kappa shape index (κ2) is 7.25. The molecule has 6 heteroatoms. The van der Waals surface area contributed by atoms with E-state index in [1.165, 1.54) is 11.3 Å². The van der Waals surface area contributed by atoms with Crippen LogP contribution in [0.25, 0.3) is 10.1 Å². The zero-order valence-corrected chi connectivity index (χ0v) is 15.9. The van der Waals surface area contributed by atoms with Gasteiger partial charge in [0, 0.05) is 24.1 Å². The number of ether oxygens (including phenoxy) is 1. The first-order valence-corrected chi connectivity index (χ1v) is 9.38. The van der Waals surface area contributed by atoms with Gasteiger partial charge in [0.1, 0.15) is 17.6 Å². The van der Waals surface area contributed by atoms with E-state index in [9.17, 15) is 4.79 Å². The Kier molecular flexibility index (Phi) is 4.64. The lowest BCUT2D eigenvalue weighted by Crippen LogP contribution is -2.30. The fourth-order valence-electron chi connectivity index (χ4n) is 3.04. The summed E-state index contributed by atoms with van der Waals surface area (Å²) in [5.41, 5.74) is 0.944. The molecule has 0 bridgehead atoms. The summed E-state index contributed by atoms with van der Waals surface area (Å²) in [5, 5.41) is 4.21. The molecule has 4 rings (SSSR count). The van der Waals surface area contributed by atoms with Gasteiger partial charge in [-0.2, -0.15) is 0 Å². The van der Waals surface area contributed by atoms with Gasteiger partial charge in [0.15, 0.2) is 0 Å². The van der Waals surface area contributed by atoms with Gasteiger partial charge in [0.2, 0.25) is 0 Å². The molecule has 1 atom stereocenters. The van der Waals surface area contributed by atoms with E-state index in [2.05, 4.69) is 10.3 Å². The SMILES string of the molecule is COc1ccc(C(NC(=O)c2cc3ccccc3s2)c2nccn2C)cc1. The zero-order chi connectivity index (χ0) is 18.8. The minimum Gasteiger partial charge on any atom is -0.497 e. The molecule has 0 aliphatic rings. The van der Waals surface area contributed by atoms with E-state index in [0.717, 1.165) is 27.2 Å². The molecule has 136 valence electrons.